The molecule has 1 aromatic heterocycles. The lowest BCUT2D eigenvalue weighted by Crippen LogP contribution is -2.53. The van der Waals surface area contributed by atoms with Crippen LogP contribution in [0.2, 0.25) is 19.6 Å². The molecule has 12 heteroatoms. The Balaban J connectivity index is 1.78. The maximum Gasteiger partial charge on any atom is 0.359 e. The zero-order valence-corrected chi connectivity index (χ0v) is 31.5. The predicted octanol–water partition coefficient (Wildman–Crippen LogP) is 6.88. The number of fused-ring (bicyclic) bond motifs is 1. The average Bonchev–Trinajstić information content (AvgIpc) is 3.49. The second kappa shape index (κ2) is 15.1. The molecule has 5 rings (SSSR count). The average molecular weight is 715 g/mol. The summed E-state index contributed by atoms with van der Waals surface area (Å²) in [4.78, 5) is 44.3. The summed E-state index contributed by atoms with van der Waals surface area (Å²) in [6.07, 6.45) is 2.88. The van der Waals surface area contributed by atoms with Crippen LogP contribution in [0, 0.1) is 0 Å². The van der Waals surface area contributed by atoms with Crippen molar-refractivity contribution in [2.75, 3.05) is 18.9 Å². The Hall–Kier alpha value is -4.55. The number of sulfonamides is 1. The minimum Gasteiger partial charge on any atom is -0.461 e. The van der Waals surface area contributed by atoms with Gasteiger partial charge in [-0.25, -0.2) is 17.9 Å². The summed E-state index contributed by atoms with van der Waals surface area (Å²) in [5.41, 5.74) is 4.92. The van der Waals surface area contributed by atoms with E-state index < -0.39 is 30.1 Å². The topological polar surface area (TPSA) is 119 Å². The fraction of sp³-hybridized carbons (Fsp3) is 0.368. The molecule has 0 saturated heterocycles. The fourth-order valence-electron chi connectivity index (χ4n) is 6.44. The maximum absolute atomic E-state index is 14.8. The molecule has 0 radical (unpaired) electrons. The lowest BCUT2D eigenvalue weighted by molar-refractivity contribution is 0.0519. The van der Waals surface area contributed by atoms with E-state index in [1.807, 2.05) is 48.5 Å². The normalized spacial score (nSPS) is 13.1. The molecule has 3 aromatic carbocycles. The van der Waals surface area contributed by atoms with Crippen LogP contribution < -0.4 is 0 Å². The molecule has 10 nitrogen and oxygen atoms in total. The second-order valence-electron chi connectivity index (χ2n) is 13.4. The number of aromatic nitrogens is 2. The van der Waals surface area contributed by atoms with Crippen LogP contribution in [0.3, 0.4) is 0 Å². The Bertz CT molecular complexity index is 2000. The van der Waals surface area contributed by atoms with Crippen LogP contribution in [0.25, 0.3) is 16.8 Å². The van der Waals surface area contributed by atoms with Crippen molar-refractivity contribution in [3.8, 4) is 16.8 Å². The molecule has 0 fully saturated rings. The SMILES string of the molecule is CCCCc1c(-c2ccc(C(=O)N([Si](C)(C)C)S(=O)(=O)CC)cc2C(=O)N2CCc3ccccc3C2)c(C(=O)OCC)nn1-c1ccccc1. The molecule has 1 aliphatic rings. The van der Waals surface area contributed by atoms with Gasteiger partial charge in [0.05, 0.1) is 23.7 Å². The Kier molecular flexibility index (Phi) is 11.1. The van der Waals surface area contributed by atoms with Crippen molar-refractivity contribution >= 4 is 36.0 Å². The minimum atomic E-state index is -3.91. The standard InChI is InChI=1S/C38H46N4O6SSi/c1-7-10-20-33-34(35(38(45)48-8-2)39-41(33)30-18-12-11-13-19-30)31-22-21-28(36(43)42(50(4,5)6)49(46,47)9-3)25-32(31)37(44)40-24-23-27-16-14-15-17-29(27)26-40/h11-19,21-22,25H,7-10,20,23-24,26H2,1-6H3. The smallest absolute Gasteiger partial charge is 0.359 e. The van der Waals surface area contributed by atoms with Gasteiger partial charge in [-0.05, 0) is 74.1 Å². The van der Waals surface area contributed by atoms with Crippen LogP contribution >= 0.6 is 0 Å². The summed E-state index contributed by atoms with van der Waals surface area (Å²) in [6, 6.07) is 22.2. The number of benzene rings is 3. The first-order valence-corrected chi connectivity index (χ1v) is 22.3. The molecular formula is C38H46N4O6SSi. The zero-order chi connectivity index (χ0) is 36.2. The third kappa shape index (κ3) is 7.46. The van der Waals surface area contributed by atoms with Gasteiger partial charge in [-0.1, -0.05) is 81.5 Å². The van der Waals surface area contributed by atoms with Crippen molar-refractivity contribution in [3.63, 3.8) is 0 Å². The van der Waals surface area contributed by atoms with Gasteiger partial charge in [0.1, 0.15) is 0 Å². The molecule has 0 saturated carbocycles. The van der Waals surface area contributed by atoms with Crippen molar-refractivity contribution < 1.29 is 27.5 Å². The highest BCUT2D eigenvalue weighted by Crippen LogP contribution is 2.36. The highest BCUT2D eigenvalue weighted by Gasteiger charge is 2.39. The van der Waals surface area contributed by atoms with Crippen LogP contribution in [-0.2, 0) is 34.1 Å². The quantitative estimate of drug-likeness (QED) is 0.116. The summed E-state index contributed by atoms with van der Waals surface area (Å²) >= 11 is 0. The van der Waals surface area contributed by atoms with Crippen LogP contribution in [0.15, 0.2) is 72.8 Å². The highest BCUT2D eigenvalue weighted by atomic mass is 32.2. The number of hydrogen-bond donors (Lipinski definition) is 0. The van der Waals surface area contributed by atoms with Gasteiger partial charge in [0.2, 0.25) is 10.0 Å². The molecule has 264 valence electrons. The molecule has 2 amide bonds. The zero-order valence-electron chi connectivity index (χ0n) is 29.7. The monoisotopic (exact) mass is 714 g/mol. The number of carbonyl (C=O) groups is 3. The summed E-state index contributed by atoms with van der Waals surface area (Å²) in [5, 5.41) is 4.80. The van der Waals surface area contributed by atoms with Crippen molar-refractivity contribution in [2.24, 2.45) is 0 Å². The van der Waals surface area contributed by atoms with Crippen LogP contribution in [0.4, 0.5) is 0 Å². The van der Waals surface area contributed by atoms with E-state index in [1.165, 1.54) is 18.6 Å². The molecule has 0 N–H and O–H groups in total. The van der Waals surface area contributed by atoms with E-state index in [9.17, 15) is 22.8 Å². The highest BCUT2D eigenvalue weighted by molar-refractivity contribution is 7.91. The summed E-state index contributed by atoms with van der Waals surface area (Å²) in [7, 11) is -6.66. The number of hydrogen-bond acceptors (Lipinski definition) is 7. The molecular weight excluding hydrogens is 669 g/mol. The Morgan fingerprint density at radius 1 is 0.920 bits per heavy atom. The molecule has 0 atom stereocenters. The number of nitrogens with zero attached hydrogens (tertiary/aromatic N) is 4. The molecule has 2 heterocycles. The first-order valence-electron chi connectivity index (χ1n) is 17.2. The maximum atomic E-state index is 14.8. The van der Waals surface area contributed by atoms with E-state index in [1.54, 1.807) is 48.3 Å². The number of ether oxygens (including phenoxy) is 1. The van der Waals surface area contributed by atoms with E-state index in [2.05, 4.69) is 13.0 Å². The van der Waals surface area contributed by atoms with Gasteiger partial charge < -0.3 is 9.64 Å². The Morgan fingerprint density at radius 2 is 1.60 bits per heavy atom. The molecule has 50 heavy (non-hydrogen) atoms. The van der Waals surface area contributed by atoms with E-state index in [4.69, 9.17) is 9.84 Å². The number of para-hydroxylation sites is 1. The third-order valence-corrected chi connectivity index (χ3v) is 14.2. The number of amides is 2. The van der Waals surface area contributed by atoms with Gasteiger partial charge in [0, 0.05) is 29.8 Å². The van der Waals surface area contributed by atoms with Crippen molar-refractivity contribution in [3.05, 3.63) is 106 Å². The fourth-order valence-corrected chi connectivity index (χ4v) is 11.5. The first kappa shape index (κ1) is 36.7. The van der Waals surface area contributed by atoms with Crippen LogP contribution in [0.1, 0.15) is 81.6 Å². The first-order chi connectivity index (χ1) is 23.8. The lowest BCUT2D eigenvalue weighted by Gasteiger charge is -2.33. The van der Waals surface area contributed by atoms with Gasteiger partial charge in [0.25, 0.3) is 11.8 Å². The Labute approximate surface area is 296 Å². The molecule has 0 aliphatic carbocycles. The van der Waals surface area contributed by atoms with Crippen molar-refractivity contribution in [2.45, 2.75) is 72.6 Å². The van der Waals surface area contributed by atoms with Crippen LogP contribution in [0.5, 0.6) is 0 Å². The van der Waals surface area contributed by atoms with E-state index in [0.717, 1.165) is 33.8 Å². The number of unbranched alkanes of at least 4 members (excludes halogenated alkanes) is 1. The minimum absolute atomic E-state index is 0.0659. The lowest BCUT2D eigenvalue weighted by atomic mass is 9.92. The summed E-state index contributed by atoms with van der Waals surface area (Å²) in [5.74, 6) is -1.86. The van der Waals surface area contributed by atoms with E-state index >= 15 is 0 Å². The van der Waals surface area contributed by atoms with Gasteiger partial charge in [-0.2, -0.15) is 5.10 Å². The summed E-state index contributed by atoms with van der Waals surface area (Å²) < 4.78 is 34.9. The van der Waals surface area contributed by atoms with Gasteiger partial charge in [-0.3, -0.25) is 13.6 Å². The van der Waals surface area contributed by atoms with E-state index in [0.29, 0.717) is 37.1 Å². The van der Waals surface area contributed by atoms with Crippen molar-refractivity contribution in [1.29, 1.82) is 0 Å². The number of esters is 1. The molecule has 1 aliphatic heterocycles. The number of rotatable bonds is 12. The summed E-state index contributed by atoms with van der Waals surface area (Å²) in [6.45, 7) is 11.7. The predicted molar refractivity (Wildman–Crippen MR) is 197 cm³/mol. The molecule has 0 bridgehead atoms. The third-order valence-electron chi connectivity index (χ3n) is 8.84. The molecule has 4 aromatic rings. The number of carbonyl (C=O) groups excluding carboxylic acids is 3. The largest absolute Gasteiger partial charge is 0.461 e. The molecule has 0 spiro atoms. The second-order valence-corrected chi connectivity index (χ2v) is 20.6. The van der Waals surface area contributed by atoms with Gasteiger partial charge >= 0.3 is 5.97 Å². The van der Waals surface area contributed by atoms with Gasteiger partial charge in [0.15, 0.2) is 13.9 Å². The van der Waals surface area contributed by atoms with E-state index in [-0.39, 0.29) is 35.1 Å². The van der Waals surface area contributed by atoms with Crippen molar-refractivity contribution in [1.82, 2.24) is 18.7 Å². The van der Waals surface area contributed by atoms with Gasteiger partial charge in [-0.15, -0.1) is 0 Å². The molecule has 0 unspecified atom stereocenters. The van der Waals surface area contributed by atoms with Crippen LogP contribution in [-0.4, -0.2) is 72.0 Å². The Morgan fingerprint density at radius 3 is 2.24 bits per heavy atom.